The molecule has 2 aromatic rings. The quantitative estimate of drug-likeness (QED) is 0.524. The van der Waals surface area contributed by atoms with E-state index >= 15 is 0 Å². The van der Waals surface area contributed by atoms with Crippen molar-refractivity contribution in [2.45, 2.75) is 39.0 Å². The molecule has 0 bridgehead atoms. The number of ether oxygens (including phenoxy) is 1. The normalized spacial score (nSPS) is 11.3. The van der Waals surface area contributed by atoms with Crippen molar-refractivity contribution in [3.8, 4) is 11.1 Å². The molecule has 2 nitrogen and oxygen atoms in total. The lowest BCUT2D eigenvalue weighted by Gasteiger charge is -2.18. The van der Waals surface area contributed by atoms with E-state index in [0.717, 1.165) is 34.7 Å². The van der Waals surface area contributed by atoms with E-state index in [9.17, 15) is 4.79 Å². The third kappa shape index (κ3) is 4.80. The van der Waals surface area contributed by atoms with E-state index in [2.05, 4.69) is 25.7 Å². The van der Waals surface area contributed by atoms with Gasteiger partial charge in [0.05, 0.1) is 12.2 Å². The highest BCUT2D eigenvalue weighted by atomic mass is 28.3. The van der Waals surface area contributed by atoms with Crippen LogP contribution in [-0.2, 0) is 11.2 Å². The second kappa shape index (κ2) is 7.60. The average Bonchev–Trinajstić information content (AvgIpc) is 2.53. The summed E-state index contributed by atoms with van der Waals surface area (Å²) in [6.07, 6.45) is 0.935. The topological polar surface area (TPSA) is 26.3 Å². The monoisotopic (exact) mass is 326 g/mol. The fourth-order valence-corrected chi connectivity index (χ4v) is 3.64. The van der Waals surface area contributed by atoms with Crippen molar-refractivity contribution in [3.63, 3.8) is 0 Å². The number of hydrogen-bond donors (Lipinski definition) is 0. The molecule has 0 heterocycles. The van der Waals surface area contributed by atoms with Crippen LogP contribution in [0.3, 0.4) is 0 Å². The predicted molar refractivity (Wildman–Crippen MR) is 99.7 cm³/mol. The molecule has 0 atom stereocenters. The first-order valence-corrected chi connectivity index (χ1v) is 12.0. The van der Waals surface area contributed by atoms with Crippen molar-refractivity contribution in [1.29, 1.82) is 0 Å². The van der Waals surface area contributed by atoms with E-state index in [0.29, 0.717) is 6.61 Å². The van der Waals surface area contributed by atoms with Crippen LogP contribution in [0.5, 0.6) is 0 Å². The largest absolute Gasteiger partial charge is 0.462 e. The van der Waals surface area contributed by atoms with Crippen molar-refractivity contribution in [2.75, 3.05) is 6.61 Å². The number of aryl methyl sites for hydroxylation is 1. The lowest BCUT2D eigenvalue weighted by atomic mass is 9.94. The molecule has 2 rings (SSSR count). The highest BCUT2D eigenvalue weighted by Crippen LogP contribution is 2.29. The van der Waals surface area contributed by atoms with Crippen LogP contribution in [0.15, 0.2) is 48.5 Å². The summed E-state index contributed by atoms with van der Waals surface area (Å²) in [7, 11) is -1.16. The Morgan fingerprint density at radius 2 is 1.70 bits per heavy atom. The van der Waals surface area contributed by atoms with Gasteiger partial charge in [0.1, 0.15) is 0 Å². The van der Waals surface area contributed by atoms with Crippen molar-refractivity contribution in [3.05, 3.63) is 59.7 Å². The Bertz CT molecular complexity index is 657. The summed E-state index contributed by atoms with van der Waals surface area (Å²) in [4.78, 5) is 12.6. The molecule has 0 radical (unpaired) electrons. The Labute approximate surface area is 140 Å². The molecule has 0 aliphatic carbocycles. The predicted octanol–water partition coefficient (Wildman–Crippen LogP) is 5.41. The Kier molecular flexibility index (Phi) is 5.78. The van der Waals surface area contributed by atoms with E-state index < -0.39 is 8.07 Å². The van der Waals surface area contributed by atoms with Gasteiger partial charge in [-0.15, -0.1) is 0 Å². The van der Waals surface area contributed by atoms with Crippen LogP contribution < -0.4 is 0 Å². The number of hydrogen-bond acceptors (Lipinski definition) is 2. The maximum atomic E-state index is 12.6. The van der Waals surface area contributed by atoms with E-state index in [-0.39, 0.29) is 5.97 Å². The van der Waals surface area contributed by atoms with Gasteiger partial charge in [0.15, 0.2) is 0 Å². The molecule has 23 heavy (non-hydrogen) atoms. The minimum absolute atomic E-state index is 0.211. The number of carbonyl (C=O) groups excluding carboxylic acids is 1. The zero-order chi connectivity index (χ0) is 16.9. The number of carbonyl (C=O) groups is 1. The van der Waals surface area contributed by atoms with Gasteiger partial charge in [0.2, 0.25) is 0 Å². The smallest absolute Gasteiger partial charge is 0.339 e. The Hall–Kier alpha value is -1.87. The van der Waals surface area contributed by atoms with E-state index in [1.807, 2.05) is 49.4 Å². The van der Waals surface area contributed by atoms with E-state index in [1.54, 1.807) is 0 Å². The molecule has 0 spiro atoms. The maximum absolute atomic E-state index is 12.6. The second-order valence-electron chi connectivity index (χ2n) is 6.99. The van der Waals surface area contributed by atoms with Gasteiger partial charge in [-0.05, 0) is 30.0 Å². The van der Waals surface area contributed by atoms with Gasteiger partial charge in [-0.2, -0.15) is 0 Å². The molecular formula is C20H26O2Si. The molecular weight excluding hydrogens is 300 g/mol. The molecule has 0 unspecified atom stereocenters. The summed E-state index contributed by atoms with van der Waals surface area (Å²) in [5.41, 5.74) is 3.87. The van der Waals surface area contributed by atoms with E-state index in [1.165, 1.54) is 0 Å². The molecule has 122 valence electrons. The molecule has 3 heteroatoms. The Morgan fingerprint density at radius 3 is 2.30 bits per heavy atom. The molecule has 0 fully saturated rings. The van der Waals surface area contributed by atoms with Crippen molar-refractivity contribution in [2.24, 2.45) is 0 Å². The zero-order valence-electron chi connectivity index (χ0n) is 14.6. The first kappa shape index (κ1) is 17.5. The average molecular weight is 327 g/mol. The van der Waals surface area contributed by atoms with Crippen molar-refractivity contribution < 1.29 is 9.53 Å². The Morgan fingerprint density at radius 1 is 1.00 bits per heavy atom. The second-order valence-corrected chi connectivity index (χ2v) is 12.6. The fraction of sp³-hybridized carbons (Fsp3) is 0.350. The highest BCUT2D eigenvalue weighted by Gasteiger charge is 2.20. The number of esters is 1. The third-order valence-electron chi connectivity index (χ3n) is 3.86. The summed E-state index contributed by atoms with van der Waals surface area (Å²) in [6, 6.07) is 17.4. The first-order valence-electron chi connectivity index (χ1n) is 8.27. The molecule has 0 aliphatic heterocycles. The third-order valence-corrected chi connectivity index (χ3v) is 5.61. The van der Waals surface area contributed by atoms with Gasteiger partial charge >= 0.3 is 5.97 Å². The van der Waals surface area contributed by atoms with Gasteiger partial charge < -0.3 is 4.74 Å². The van der Waals surface area contributed by atoms with Crippen LogP contribution in [0.4, 0.5) is 0 Å². The van der Waals surface area contributed by atoms with Gasteiger partial charge in [0, 0.05) is 8.07 Å². The lowest BCUT2D eigenvalue weighted by molar-refractivity contribution is 0.0526. The standard InChI is InChI=1S/C20H26O2Si/c1-5-22-20(21)19-17(14-15-23(2,3)4)12-9-13-18(19)16-10-7-6-8-11-16/h6-13H,5,14-15H2,1-4H3. The molecule has 0 aromatic heterocycles. The molecule has 0 aliphatic rings. The minimum atomic E-state index is -1.16. The summed E-state index contributed by atoms with van der Waals surface area (Å²) in [6.45, 7) is 9.33. The van der Waals surface area contributed by atoms with E-state index in [4.69, 9.17) is 4.74 Å². The molecule has 0 saturated heterocycles. The van der Waals surface area contributed by atoms with Crippen LogP contribution >= 0.6 is 0 Å². The van der Waals surface area contributed by atoms with Gasteiger partial charge in [0.25, 0.3) is 0 Å². The fourth-order valence-electron chi connectivity index (χ4n) is 2.62. The van der Waals surface area contributed by atoms with Gasteiger partial charge in [-0.25, -0.2) is 4.79 Å². The summed E-state index contributed by atoms with van der Waals surface area (Å²) >= 11 is 0. The van der Waals surface area contributed by atoms with Crippen LogP contribution in [0.2, 0.25) is 25.7 Å². The minimum Gasteiger partial charge on any atom is -0.462 e. The molecule has 0 saturated carbocycles. The summed E-state index contributed by atoms with van der Waals surface area (Å²) < 4.78 is 5.34. The molecule has 2 aromatic carbocycles. The van der Waals surface area contributed by atoms with Crippen LogP contribution in [-0.4, -0.2) is 20.7 Å². The lowest BCUT2D eigenvalue weighted by Crippen LogP contribution is -2.21. The molecule has 0 N–H and O–H groups in total. The number of rotatable bonds is 6. The molecule has 0 amide bonds. The summed E-state index contributed by atoms with van der Waals surface area (Å²) in [5, 5.41) is 0. The van der Waals surface area contributed by atoms with Crippen LogP contribution in [0.1, 0.15) is 22.8 Å². The SMILES string of the molecule is CCOC(=O)c1c(CC[Si](C)(C)C)cccc1-c1ccccc1. The maximum Gasteiger partial charge on any atom is 0.339 e. The van der Waals surface area contributed by atoms with Crippen LogP contribution in [0, 0.1) is 0 Å². The summed E-state index contributed by atoms with van der Waals surface area (Å²) in [5.74, 6) is -0.211. The highest BCUT2D eigenvalue weighted by molar-refractivity contribution is 6.76. The van der Waals surface area contributed by atoms with Gasteiger partial charge in [-0.3, -0.25) is 0 Å². The zero-order valence-corrected chi connectivity index (χ0v) is 15.6. The Balaban J connectivity index is 2.48. The first-order chi connectivity index (χ1) is 10.9. The van der Waals surface area contributed by atoms with Crippen molar-refractivity contribution >= 4 is 14.0 Å². The van der Waals surface area contributed by atoms with Crippen LogP contribution in [0.25, 0.3) is 11.1 Å². The van der Waals surface area contributed by atoms with Crippen molar-refractivity contribution in [1.82, 2.24) is 0 Å². The number of benzene rings is 2. The van der Waals surface area contributed by atoms with Gasteiger partial charge in [-0.1, -0.05) is 74.2 Å².